The van der Waals surface area contributed by atoms with Gasteiger partial charge in [0.25, 0.3) is 5.91 Å². The number of benzene rings is 2. The van der Waals surface area contributed by atoms with Crippen molar-refractivity contribution in [2.75, 3.05) is 40.4 Å². The van der Waals surface area contributed by atoms with E-state index in [4.69, 9.17) is 9.47 Å². The third-order valence-electron chi connectivity index (χ3n) is 5.53. The fourth-order valence-corrected chi connectivity index (χ4v) is 6.11. The highest BCUT2D eigenvalue weighted by Crippen LogP contribution is 2.26. The molecule has 0 N–H and O–H groups in total. The van der Waals surface area contributed by atoms with Crippen molar-refractivity contribution in [3.8, 4) is 11.5 Å². The van der Waals surface area contributed by atoms with Gasteiger partial charge in [-0.3, -0.25) is 9.59 Å². The number of rotatable bonds is 5. The monoisotopic (exact) mass is 477 g/mol. The Hall–Kier alpha value is -2.89. The van der Waals surface area contributed by atoms with Crippen molar-refractivity contribution in [2.24, 2.45) is 7.05 Å². The highest BCUT2D eigenvalue weighted by Gasteiger charge is 2.31. The number of sulfonamides is 1. The lowest BCUT2D eigenvalue weighted by atomic mass is 10.1. The van der Waals surface area contributed by atoms with E-state index in [1.807, 2.05) is 0 Å². The summed E-state index contributed by atoms with van der Waals surface area (Å²) in [4.78, 5) is 26.4. The Morgan fingerprint density at radius 1 is 0.969 bits per heavy atom. The van der Waals surface area contributed by atoms with Crippen molar-refractivity contribution in [3.05, 3.63) is 51.6 Å². The molecular weight excluding hydrogens is 454 g/mol. The molecule has 11 heteroatoms. The van der Waals surface area contributed by atoms with E-state index < -0.39 is 10.0 Å². The molecule has 0 unspecified atom stereocenters. The maximum Gasteiger partial charge on any atom is 0.307 e. The standard InChI is InChI=1S/C21H23N3O6S2/c1-22-18-5-4-17(13-19(18)31-21(22)26)32(27,28)24-8-6-23(7-9-24)20(25)14-10-15(29-2)12-16(11-14)30-3/h4-5,10-13H,6-9H2,1-3H3. The van der Waals surface area contributed by atoms with Gasteiger partial charge in [0.15, 0.2) is 0 Å². The van der Waals surface area contributed by atoms with Crippen molar-refractivity contribution < 1.29 is 22.7 Å². The van der Waals surface area contributed by atoms with Gasteiger partial charge in [0.2, 0.25) is 10.0 Å². The summed E-state index contributed by atoms with van der Waals surface area (Å²) in [5, 5.41) is 0. The van der Waals surface area contributed by atoms with Gasteiger partial charge in [-0.15, -0.1) is 0 Å². The molecule has 0 atom stereocenters. The Morgan fingerprint density at radius 2 is 1.59 bits per heavy atom. The number of ether oxygens (including phenoxy) is 2. The van der Waals surface area contributed by atoms with Crippen molar-refractivity contribution in [1.29, 1.82) is 0 Å². The van der Waals surface area contributed by atoms with Crippen LogP contribution in [0.25, 0.3) is 10.2 Å². The van der Waals surface area contributed by atoms with E-state index in [9.17, 15) is 18.0 Å². The average Bonchev–Trinajstić information content (AvgIpc) is 3.10. The van der Waals surface area contributed by atoms with Gasteiger partial charge in [-0.25, -0.2) is 8.42 Å². The zero-order chi connectivity index (χ0) is 23.0. The van der Waals surface area contributed by atoms with Gasteiger partial charge < -0.3 is 18.9 Å². The molecule has 0 aliphatic carbocycles. The number of carbonyl (C=O) groups is 1. The predicted molar refractivity (Wildman–Crippen MR) is 121 cm³/mol. The fraction of sp³-hybridized carbons (Fsp3) is 0.333. The zero-order valence-corrected chi connectivity index (χ0v) is 19.5. The van der Waals surface area contributed by atoms with Gasteiger partial charge in [-0.05, 0) is 30.3 Å². The van der Waals surface area contributed by atoms with Gasteiger partial charge in [-0.2, -0.15) is 4.31 Å². The highest BCUT2D eigenvalue weighted by atomic mass is 32.2. The molecule has 1 saturated heterocycles. The second kappa shape index (κ2) is 8.57. The molecule has 0 spiro atoms. The summed E-state index contributed by atoms with van der Waals surface area (Å²) in [6, 6.07) is 9.65. The van der Waals surface area contributed by atoms with E-state index in [1.54, 1.807) is 36.2 Å². The Labute approximate surface area is 189 Å². The summed E-state index contributed by atoms with van der Waals surface area (Å²) >= 11 is 1.01. The quantitative estimate of drug-likeness (QED) is 0.556. The summed E-state index contributed by atoms with van der Waals surface area (Å²) in [5.41, 5.74) is 1.12. The first kappa shape index (κ1) is 22.3. The average molecular weight is 478 g/mol. The Balaban J connectivity index is 1.50. The molecule has 0 bridgehead atoms. The minimum atomic E-state index is -3.74. The zero-order valence-electron chi connectivity index (χ0n) is 17.9. The maximum atomic E-state index is 13.1. The van der Waals surface area contributed by atoms with Gasteiger partial charge in [0, 0.05) is 44.9 Å². The number of piperazine rings is 1. The summed E-state index contributed by atoms with van der Waals surface area (Å²) in [5.74, 6) is 0.801. The number of thiazole rings is 1. The van der Waals surface area contributed by atoms with E-state index in [0.717, 1.165) is 11.3 Å². The van der Waals surface area contributed by atoms with Crippen LogP contribution in [0.4, 0.5) is 0 Å². The van der Waals surface area contributed by atoms with Crippen LogP contribution in [0.5, 0.6) is 11.5 Å². The number of aromatic nitrogens is 1. The first-order valence-electron chi connectivity index (χ1n) is 9.86. The van der Waals surface area contributed by atoms with Gasteiger partial charge in [0.1, 0.15) is 11.5 Å². The highest BCUT2D eigenvalue weighted by molar-refractivity contribution is 7.89. The SMILES string of the molecule is COc1cc(OC)cc(C(=O)N2CCN(S(=O)(=O)c3ccc4c(c3)sc(=O)n4C)CC2)c1. The molecule has 1 aromatic heterocycles. The summed E-state index contributed by atoms with van der Waals surface area (Å²) in [6.07, 6.45) is 0. The third-order valence-corrected chi connectivity index (χ3v) is 8.42. The largest absolute Gasteiger partial charge is 0.497 e. The molecular formula is C21H23N3O6S2. The molecule has 2 aromatic carbocycles. The molecule has 1 amide bonds. The lowest BCUT2D eigenvalue weighted by Gasteiger charge is -2.34. The number of amides is 1. The first-order valence-corrected chi connectivity index (χ1v) is 12.1. The van der Waals surface area contributed by atoms with E-state index in [1.165, 1.54) is 35.2 Å². The van der Waals surface area contributed by atoms with Crippen LogP contribution in [0.1, 0.15) is 10.4 Å². The number of carbonyl (C=O) groups excluding carboxylic acids is 1. The minimum absolute atomic E-state index is 0.143. The van der Waals surface area contributed by atoms with Crippen LogP contribution in [0, 0.1) is 0 Å². The molecule has 0 saturated carbocycles. The molecule has 1 aliphatic rings. The molecule has 4 rings (SSSR count). The van der Waals surface area contributed by atoms with Gasteiger partial charge in [-0.1, -0.05) is 11.3 Å². The van der Waals surface area contributed by atoms with Crippen LogP contribution in [-0.2, 0) is 17.1 Å². The lowest BCUT2D eigenvalue weighted by molar-refractivity contribution is 0.0697. The smallest absolute Gasteiger partial charge is 0.307 e. The van der Waals surface area contributed by atoms with Gasteiger partial charge >= 0.3 is 4.87 Å². The van der Waals surface area contributed by atoms with E-state index in [-0.39, 0.29) is 41.9 Å². The molecule has 32 heavy (non-hydrogen) atoms. The van der Waals surface area contributed by atoms with Gasteiger partial charge in [0.05, 0.1) is 29.3 Å². The van der Waals surface area contributed by atoms with Crippen molar-refractivity contribution in [1.82, 2.24) is 13.8 Å². The Kier molecular flexibility index (Phi) is 5.97. The van der Waals surface area contributed by atoms with E-state index >= 15 is 0 Å². The number of fused-ring (bicyclic) bond motifs is 1. The van der Waals surface area contributed by atoms with Crippen molar-refractivity contribution in [2.45, 2.75) is 4.90 Å². The fourth-order valence-electron chi connectivity index (χ4n) is 3.67. The van der Waals surface area contributed by atoms with Crippen LogP contribution in [0.2, 0.25) is 0 Å². The summed E-state index contributed by atoms with van der Waals surface area (Å²) in [7, 11) is 0.939. The topological polar surface area (TPSA) is 98.2 Å². The maximum absolute atomic E-state index is 13.1. The van der Waals surface area contributed by atoms with Crippen LogP contribution in [0.15, 0.2) is 46.1 Å². The second-order valence-corrected chi connectivity index (χ2v) is 10.3. The molecule has 1 fully saturated rings. The predicted octanol–water partition coefficient (Wildman–Crippen LogP) is 1.76. The molecule has 9 nitrogen and oxygen atoms in total. The number of hydrogen-bond acceptors (Lipinski definition) is 7. The van der Waals surface area contributed by atoms with Crippen LogP contribution in [0.3, 0.4) is 0 Å². The number of aryl methyl sites for hydroxylation is 1. The van der Waals surface area contributed by atoms with Crippen molar-refractivity contribution >= 4 is 37.5 Å². The van der Waals surface area contributed by atoms with Crippen molar-refractivity contribution in [3.63, 3.8) is 0 Å². The van der Waals surface area contributed by atoms with E-state index in [0.29, 0.717) is 27.3 Å². The number of nitrogens with zero attached hydrogens (tertiary/aromatic N) is 3. The Bertz CT molecular complexity index is 1320. The first-order chi connectivity index (χ1) is 15.2. The molecule has 0 radical (unpaired) electrons. The summed E-state index contributed by atoms with van der Waals surface area (Å²) < 4.78 is 40.2. The molecule has 1 aliphatic heterocycles. The number of hydrogen-bond donors (Lipinski definition) is 0. The lowest BCUT2D eigenvalue weighted by Crippen LogP contribution is -2.50. The minimum Gasteiger partial charge on any atom is -0.497 e. The second-order valence-electron chi connectivity index (χ2n) is 7.35. The Morgan fingerprint density at radius 3 is 2.19 bits per heavy atom. The third kappa shape index (κ3) is 3.98. The number of methoxy groups -OCH3 is 2. The normalized spacial score (nSPS) is 15.2. The van der Waals surface area contributed by atoms with E-state index in [2.05, 4.69) is 0 Å². The van der Waals surface area contributed by atoms with Crippen LogP contribution >= 0.6 is 11.3 Å². The van der Waals surface area contributed by atoms with Crippen LogP contribution < -0.4 is 14.3 Å². The van der Waals surface area contributed by atoms with Crippen LogP contribution in [-0.4, -0.2) is 68.5 Å². The summed E-state index contributed by atoms with van der Waals surface area (Å²) in [6.45, 7) is 0.882. The molecule has 2 heterocycles. The molecule has 3 aromatic rings. The molecule has 170 valence electrons.